The van der Waals surface area contributed by atoms with E-state index in [1.54, 1.807) is 11.8 Å². The van der Waals surface area contributed by atoms with Crippen molar-refractivity contribution in [2.24, 2.45) is 0 Å². The zero-order valence-corrected chi connectivity index (χ0v) is 15.5. The van der Waals surface area contributed by atoms with Gasteiger partial charge in [0.25, 0.3) is 0 Å². The molecule has 1 atom stereocenters. The van der Waals surface area contributed by atoms with Crippen LogP contribution in [0, 0.1) is 0 Å². The van der Waals surface area contributed by atoms with Crippen molar-refractivity contribution in [1.29, 1.82) is 0 Å². The SMILES string of the molecule is CSc1ccc(CN2CCN(CC=C(C)C)[C@H](CCO)C2)cc1. The number of nitrogens with zero attached hydrogens (tertiary/aromatic N) is 2. The Bertz CT molecular complexity index is 497. The molecule has 1 aromatic carbocycles. The fourth-order valence-corrected chi connectivity index (χ4v) is 3.46. The zero-order chi connectivity index (χ0) is 16.7. The summed E-state index contributed by atoms with van der Waals surface area (Å²) in [5.74, 6) is 0. The van der Waals surface area contributed by atoms with E-state index in [4.69, 9.17) is 0 Å². The van der Waals surface area contributed by atoms with Gasteiger partial charge in [-0.15, -0.1) is 11.8 Å². The first-order chi connectivity index (χ1) is 11.1. The molecule has 0 unspecified atom stereocenters. The Balaban J connectivity index is 1.93. The van der Waals surface area contributed by atoms with Crippen LogP contribution >= 0.6 is 11.8 Å². The number of allylic oxidation sites excluding steroid dienone is 1. The highest BCUT2D eigenvalue weighted by Gasteiger charge is 2.25. The smallest absolute Gasteiger partial charge is 0.0446 e. The highest BCUT2D eigenvalue weighted by Crippen LogP contribution is 2.18. The van der Waals surface area contributed by atoms with Crippen molar-refractivity contribution in [3.05, 3.63) is 41.5 Å². The number of rotatable bonds is 7. The standard InChI is InChI=1S/C19H30N2OS/c1-16(2)8-10-21-12-11-20(15-18(21)9-13-22)14-17-4-6-19(23-3)7-5-17/h4-8,18,22H,9-15H2,1-3H3/t18-/m1/s1. The summed E-state index contributed by atoms with van der Waals surface area (Å²) < 4.78 is 0. The van der Waals surface area contributed by atoms with Gasteiger partial charge in [-0.2, -0.15) is 0 Å². The van der Waals surface area contributed by atoms with Crippen molar-refractivity contribution < 1.29 is 5.11 Å². The molecule has 1 aliphatic heterocycles. The molecule has 1 heterocycles. The van der Waals surface area contributed by atoms with Gasteiger partial charge in [-0.25, -0.2) is 0 Å². The molecule has 3 nitrogen and oxygen atoms in total. The van der Waals surface area contributed by atoms with Crippen molar-refractivity contribution in [3.63, 3.8) is 0 Å². The molecule has 1 N–H and O–H groups in total. The lowest BCUT2D eigenvalue weighted by Gasteiger charge is -2.41. The van der Waals surface area contributed by atoms with Gasteiger partial charge in [0.2, 0.25) is 0 Å². The van der Waals surface area contributed by atoms with Crippen LogP contribution in [0.5, 0.6) is 0 Å². The van der Waals surface area contributed by atoms with E-state index in [1.807, 2.05) is 0 Å². The van der Waals surface area contributed by atoms with Gasteiger partial charge in [-0.05, 0) is 44.2 Å². The van der Waals surface area contributed by atoms with Gasteiger partial charge in [0.1, 0.15) is 0 Å². The number of piperazine rings is 1. The average Bonchev–Trinajstić information content (AvgIpc) is 2.55. The van der Waals surface area contributed by atoms with E-state index in [0.717, 1.165) is 39.1 Å². The van der Waals surface area contributed by atoms with Crippen LogP contribution in [0.2, 0.25) is 0 Å². The normalized spacial score (nSPS) is 19.7. The molecule has 0 spiro atoms. The predicted molar refractivity (Wildman–Crippen MR) is 100.0 cm³/mol. The summed E-state index contributed by atoms with van der Waals surface area (Å²) in [6.07, 6.45) is 5.26. The van der Waals surface area contributed by atoms with Crippen LogP contribution in [0.4, 0.5) is 0 Å². The average molecular weight is 335 g/mol. The molecular weight excluding hydrogens is 304 g/mol. The van der Waals surface area contributed by atoms with Gasteiger partial charge in [-0.1, -0.05) is 23.8 Å². The number of benzene rings is 1. The number of hydrogen-bond acceptors (Lipinski definition) is 4. The molecule has 0 aliphatic carbocycles. The van der Waals surface area contributed by atoms with E-state index in [9.17, 15) is 5.11 Å². The maximum absolute atomic E-state index is 9.38. The minimum Gasteiger partial charge on any atom is -0.396 e. The Morgan fingerprint density at radius 2 is 2.00 bits per heavy atom. The number of thioether (sulfide) groups is 1. The Morgan fingerprint density at radius 1 is 1.26 bits per heavy atom. The molecule has 1 aliphatic rings. The molecular formula is C19H30N2OS. The summed E-state index contributed by atoms with van der Waals surface area (Å²) in [6.45, 7) is 9.80. The molecule has 0 radical (unpaired) electrons. The Labute approximate surface area is 145 Å². The van der Waals surface area contributed by atoms with Crippen LogP contribution in [-0.4, -0.2) is 60.0 Å². The van der Waals surface area contributed by atoms with E-state index in [0.29, 0.717) is 6.04 Å². The van der Waals surface area contributed by atoms with Crippen molar-refractivity contribution in [2.45, 2.75) is 37.8 Å². The Hall–Kier alpha value is -0.810. The first-order valence-corrected chi connectivity index (χ1v) is 9.68. The van der Waals surface area contributed by atoms with Crippen molar-refractivity contribution in [1.82, 2.24) is 9.80 Å². The first kappa shape index (κ1) is 18.5. The van der Waals surface area contributed by atoms with Crippen LogP contribution in [0.1, 0.15) is 25.8 Å². The Morgan fingerprint density at radius 3 is 2.61 bits per heavy atom. The summed E-state index contributed by atoms with van der Waals surface area (Å²) in [4.78, 5) is 6.35. The molecule has 0 saturated carbocycles. The van der Waals surface area contributed by atoms with Crippen LogP contribution in [0.15, 0.2) is 40.8 Å². The van der Waals surface area contributed by atoms with Gasteiger partial charge in [-0.3, -0.25) is 9.80 Å². The second-order valence-corrected chi connectivity index (χ2v) is 7.41. The predicted octanol–water partition coefficient (Wildman–Crippen LogP) is 3.24. The second-order valence-electron chi connectivity index (χ2n) is 6.53. The van der Waals surface area contributed by atoms with E-state index >= 15 is 0 Å². The molecule has 0 aromatic heterocycles. The quantitative estimate of drug-likeness (QED) is 0.612. The van der Waals surface area contributed by atoms with Crippen molar-refractivity contribution in [3.8, 4) is 0 Å². The summed E-state index contributed by atoms with van der Waals surface area (Å²) in [5, 5.41) is 9.38. The maximum atomic E-state index is 9.38. The zero-order valence-electron chi connectivity index (χ0n) is 14.7. The van der Waals surface area contributed by atoms with Gasteiger partial charge in [0.05, 0.1) is 0 Å². The third kappa shape index (κ3) is 5.96. The fourth-order valence-electron chi connectivity index (χ4n) is 3.05. The molecule has 1 saturated heterocycles. The summed E-state index contributed by atoms with van der Waals surface area (Å²) in [5.41, 5.74) is 2.74. The first-order valence-electron chi connectivity index (χ1n) is 8.46. The summed E-state index contributed by atoms with van der Waals surface area (Å²) in [6, 6.07) is 9.34. The molecule has 1 fully saturated rings. The highest BCUT2D eigenvalue weighted by atomic mass is 32.2. The fraction of sp³-hybridized carbons (Fsp3) is 0.579. The van der Waals surface area contributed by atoms with Gasteiger partial charge >= 0.3 is 0 Å². The lowest BCUT2D eigenvalue weighted by molar-refractivity contribution is 0.0636. The monoisotopic (exact) mass is 334 g/mol. The number of aliphatic hydroxyl groups is 1. The lowest BCUT2D eigenvalue weighted by atomic mass is 10.1. The molecule has 0 bridgehead atoms. The van der Waals surface area contributed by atoms with Gasteiger partial charge < -0.3 is 5.11 Å². The van der Waals surface area contributed by atoms with E-state index in [1.165, 1.54) is 16.0 Å². The molecule has 128 valence electrons. The van der Waals surface area contributed by atoms with Crippen molar-refractivity contribution >= 4 is 11.8 Å². The van der Waals surface area contributed by atoms with Crippen LogP contribution < -0.4 is 0 Å². The maximum Gasteiger partial charge on any atom is 0.0446 e. The summed E-state index contributed by atoms with van der Waals surface area (Å²) >= 11 is 1.79. The summed E-state index contributed by atoms with van der Waals surface area (Å²) in [7, 11) is 0. The van der Waals surface area contributed by atoms with E-state index in [2.05, 4.69) is 60.2 Å². The molecule has 4 heteroatoms. The van der Waals surface area contributed by atoms with E-state index in [-0.39, 0.29) is 6.61 Å². The van der Waals surface area contributed by atoms with Crippen LogP contribution in [0.3, 0.4) is 0 Å². The molecule has 0 amide bonds. The van der Waals surface area contributed by atoms with Gasteiger partial charge in [0, 0.05) is 50.3 Å². The number of aliphatic hydroxyl groups excluding tert-OH is 1. The highest BCUT2D eigenvalue weighted by molar-refractivity contribution is 7.98. The topological polar surface area (TPSA) is 26.7 Å². The molecule has 1 aromatic rings. The second kappa shape index (κ2) is 9.48. The Kier molecular flexibility index (Phi) is 7.63. The third-order valence-corrected chi connectivity index (χ3v) is 5.19. The van der Waals surface area contributed by atoms with E-state index < -0.39 is 0 Å². The van der Waals surface area contributed by atoms with Crippen LogP contribution in [-0.2, 0) is 6.54 Å². The number of hydrogen-bond donors (Lipinski definition) is 1. The van der Waals surface area contributed by atoms with Crippen LogP contribution in [0.25, 0.3) is 0 Å². The third-order valence-electron chi connectivity index (χ3n) is 4.45. The van der Waals surface area contributed by atoms with Gasteiger partial charge in [0.15, 0.2) is 0 Å². The van der Waals surface area contributed by atoms with Crippen molar-refractivity contribution in [2.75, 3.05) is 39.0 Å². The largest absolute Gasteiger partial charge is 0.396 e. The minimum absolute atomic E-state index is 0.270. The molecule has 2 rings (SSSR count). The molecule has 23 heavy (non-hydrogen) atoms. The minimum atomic E-state index is 0.270. The lowest BCUT2D eigenvalue weighted by Crippen LogP contribution is -2.53.